The van der Waals surface area contributed by atoms with Crippen molar-refractivity contribution in [1.82, 2.24) is 14.8 Å². The molecule has 7 heteroatoms. The highest BCUT2D eigenvalue weighted by Crippen LogP contribution is 2.30. The molecule has 6 nitrogen and oxygen atoms in total. The van der Waals surface area contributed by atoms with Crippen molar-refractivity contribution in [1.29, 1.82) is 0 Å². The largest absolute Gasteiger partial charge is 0.496 e. The lowest BCUT2D eigenvalue weighted by atomic mass is 10.2. The third kappa shape index (κ3) is 3.43. The first-order chi connectivity index (χ1) is 10.2. The zero-order valence-corrected chi connectivity index (χ0v) is 12.5. The summed E-state index contributed by atoms with van der Waals surface area (Å²) in [5.74, 6) is 1.13. The Hall–Kier alpha value is -2.28. The third-order valence-corrected chi connectivity index (χ3v) is 3.71. The Kier molecular flexibility index (Phi) is 4.99. The van der Waals surface area contributed by atoms with Crippen LogP contribution in [0.5, 0.6) is 5.75 Å². The van der Waals surface area contributed by atoms with Crippen LogP contribution in [-0.4, -0.2) is 33.5 Å². The Morgan fingerprint density at radius 2 is 2.24 bits per heavy atom. The normalized spacial score (nSPS) is 10.3. The van der Waals surface area contributed by atoms with Gasteiger partial charge in [0.1, 0.15) is 5.75 Å². The Morgan fingerprint density at radius 3 is 2.90 bits per heavy atom. The van der Waals surface area contributed by atoms with Gasteiger partial charge in [-0.25, -0.2) is 0 Å². The number of rotatable bonds is 7. The number of carbonyl (C=O) groups is 1. The molecule has 0 fully saturated rings. The molecule has 21 heavy (non-hydrogen) atoms. The average molecular weight is 304 g/mol. The topological polar surface area (TPSA) is 83.0 Å². The smallest absolute Gasteiger partial charge is 0.227 e. The van der Waals surface area contributed by atoms with Gasteiger partial charge in [0.25, 0.3) is 0 Å². The maximum absolute atomic E-state index is 10.9. The summed E-state index contributed by atoms with van der Waals surface area (Å²) in [6.07, 6.45) is 1.75. The van der Waals surface area contributed by atoms with E-state index in [1.54, 1.807) is 13.2 Å². The molecule has 2 rings (SSSR count). The van der Waals surface area contributed by atoms with Crippen LogP contribution in [0.3, 0.4) is 0 Å². The van der Waals surface area contributed by atoms with E-state index in [0.717, 1.165) is 5.56 Å². The monoisotopic (exact) mass is 304 g/mol. The van der Waals surface area contributed by atoms with Crippen molar-refractivity contribution in [3.8, 4) is 17.1 Å². The van der Waals surface area contributed by atoms with Crippen LogP contribution in [-0.2, 0) is 11.3 Å². The molecule has 0 saturated heterocycles. The van der Waals surface area contributed by atoms with Crippen molar-refractivity contribution in [2.75, 3.05) is 12.9 Å². The van der Waals surface area contributed by atoms with Crippen LogP contribution in [0, 0.1) is 0 Å². The number of amides is 1. The van der Waals surface area contributed by atoms with E-state index in [4.69, 9.17) is 10.5 Å². The number of nitrogens with two attached hydrogens (primary N) is 1. The number of carbonyl (C=O) groups excluding carboxylic acids is 1. The summed E-state index contributed by atoms with van der Waals surface area (Å²) in [6.45, 7) is 4.27. The number of hydrogen-bond donors (Lipinski definition) is 1. The van der Waals surface area contributed by atoms with Crippen molar-refractivity contribution < 1.29 is 9.53 Å². The van der Waals surface area contributed by atoms with Gasteiger partial charge in [-0.15, -0.1) is 16.8 Å². The Labute approximate surface area is 127 Å². The first-order valence-electron chi connectivity index (χ1n) is 6.26. The van der Waals surface area contributed by atoms with Crippen molar-refractivity contribution in [2.24, 2.45) is 5.73 Å². The van der Waals surface area contributed by atoms with Crippen LogP contribution in [0.15, 0.2) is 42.1 Å². The van der Waals surface area contributed by atoms with Crippen molar-refractivity contribution >= 4 is 17.7 Å². The average Bonchev–Trinajstić information content (AvgIpc) is 2.88. The van der Waals surface area contributed by atoms with Crippen LogP contribution >= 0.6 is 11.8 Å². The fourth-order valence-electron chi connectivity index (χ4n) is 1.85. The van der Waals surface area contributed by atoms with Crippen LogP contribution in [0.25, 0.3) is 11.4 Å². The molecule has 0 radical (unpaired) electrons. The number of aromatic nitrogens is 3. The highest BCUT2D eigenvalue weighted by atomic mass is 32.2. The molecule has 2 N–H and O–H groups in total. The molecule has 0 aliphatic carbocycles. The van der Waals surface area contributed by atoms with Crippen LogP contribution in [0.4, 0.5) is 0 Å². The molecule has 0 aliphatic rings. The van der Waals surface area contributed by atoms with E-state index in [-0.39, 0.29) is 5.75 Å². The minimum atomic E-state index is -0.396. The van der Waals surface area contributed by atoms with E-state index >= 15 is 0 Å². The summed E-state index contributed by atoms with van der Waals surface area (Å²) in [5.41, 5.74) is 6.00. The van der Waals surface area contributed by atoms with Crippen LogP contribution < -0.4 is 10.5 Å². The maximum Gasteiger partial charge on any atom is 0.227 e. The van der Waals surface area contributed by atoms with E-state index in [2.05, 4.69) is 16.8 Å². The number of thioether (sulfide) groups is 1. The second kappa shape index (κ2) is 6.94. The van der Waals surface area contributed by atoms with E-state index in [0.29, 0.717) is 23.3 Å². The number of ether oxygens (including phenoxy) is 1. The van der Waals surface area contributed by atoms with Crippen molar-refractivity contribution in [2.45, 2.75) is 11.7 Å². The highest BCUT2D eigenvalue weighted by molar-refractivity contribution is 7.99. The number of primary amides is 1. The molecule has 0 saturated carbocycles. The second-order valence-electron chi connectivity index (χ2n) is 4.16. The Balaban J connectivity index is 2.43. The van der Waals surface area contributed by atoms with Gasteiger partial charge in [0, 0.05) is 6.54 Å². The number of methoxy groups -OCH3 is 1. The lowest BCUT2D eigenvalue weighted by Crippen LogP contribution is -2.14. The molecular formula is C14H16N4O2S. The van der Waals surface area contributed by atoms with Gasteiger partial charge in [-0.3, -0.25) is 9.36 Å². The summed E-state index contributed by atoms with van der Waals surface area (Å²) in [7, 11) is 1.61. The van der Waals surface area contributed by atoms with Gasteiger partial charge in [0.2, 0.25) is 5.91 Å². The molecule has 1 aromatic heterocycles. The Bertz CT molecular complexity index is 654. The number of allylic oxidation sites excluding steroid dienone is 1. The second-order valence-corrected chi connectivity index (χ2v) is 5.10. The van der Waals surface area contributed by atoms with Gasteiger partial charge < -0.3 is 10.5 Å². The number of nitrogens with zero attached hydrogens (tertiary/aromatic N) is 3. The quantitative estimate of drug-likeness (QED) is 0.622. The standard InChI is InChI=1S/C14H16N4O2S/c1-3-8-18-13(10-6-4-5-7-11(10)20-2)16-17-14(18)21-9-12(15)19/h3-7H,1,8-9H2,2H3,(H2,15,19). The van der Waals surface area contributed by atoms with E-state index in [1.165, 1.54) is 11.8 Å². The van der Waals surface area contributed by atoms with Crippen LogP contribution in [0.1, 0.15) is 0 Å². The first-order valence-corrected chi connectivity index (χ1v) is 7.24. The van der Waals surface area contributed by atoms with E-state index in [9.17, 15) is 4.79 Å². The van der Waals surface area contributed by atoms with E-state index in [1.807, 2.05) is 28.8 Å². The van der Waals surface area contributed by atoms with E-state index < -0.39 is 5.91 Å². The van der Waals surface area contributed by atoms with Crippen molar-refractivity contribution in [3.63, 3.8) is 0 Å². The summed E-state index contributed by atoms with van der Waals surface area (Å²) in [4.78, 5) is 10.9. The molecule has 0 spiro atoms. The minimum Gasteiger partial charge on any atom is -0.496 e. The molecule has 1 aromatic carbocycles. The molecule has 1 heterocycles. The highest BCUT2D eigenvalue weighted by Gasteiger charge is 2.16. The fraction of sp³-hybridized carbons (Fsp3) is 0.214. The van der Waals surface area contributed by atoms with Gasteiger partial charge in [-0.2, -0.15) is 0 Å². The molecule has 0 atom stereocenters. The van der Waals surface area contributed by atoms with Crippen LogP contribution in [0.2, 0.25) is 0 Å². The summed E-state index contributed by atoms with van der Waals surface area (Å²) >= 11 is 1.25. The zero-order valence-electron chi connectivity index (χ0n) is 11.7. The SMILES string of the molecule is C=CCn1c(SCC(N)=O)nnc1-c1ccccc1OC. The summed E-state index contributed by atoms with van der Waals surface area (Å²) < 4.78 is 7.23. The third-order valence-electron chi connectivity index (χ3n) is 2.72. The molecule has 1 amide bonds. The Morgan fingerprint density at radius 1 is 1.48 bits per heavy atom. The predicted octanol–water partition coefficient (Wildman–Crippen LogP) is 1.72. The lowest BCUT2D eigenvalue weighted by molar-refractivity contribution is -0.115. The predicted molar refractivity (Wildman–Crippen MR) is 82.1 cm³/mol. The lowest BCUT2D eigenvalue weighted by Gasteiger charge is -2.10. The summed E-state index contributed by atoms with van der Waals surface area (Å²) in [6, 6.07) is 7.56. The fourth-order valence-corrected chi connectivity index (χ4v) is 2.54. The molecule has 0 aliphatic heterocycles. The number of para-hydroxylation sites is 1. The molecule has 0 unspecified atom stereocenters. The van der Waals surface area contributed by atoms with Gasteiger partial charge in [0.15, 0.2) is 11.0 Å². The summed E-state index contributed by atoms with van der Waals surface area (Å²) in [5, 5.41) is 8.95. The zero-order chi connectivity index (χ0) is 15.2. The molecule has 2 aromatic rings. The van der Waals surface area contributed by atoms with Gasteiger partial charge in [-0.1, -0.05) is 30.0 Å². The number of benzene rings is 1. The van der Waals surface area contributed by atoms with Gasteiger partial charge in [0.05, 0.1) is 18.4 Å². The van der Waals surface area contributed by atoms with Gasteiger partial charge in [-0.05, 0) is 12.1 Å². The molecular weight excluding hydrogens is 288 g/mol. The van der Waals surface area contributed by atoms with Crippen molar-refractivity contribution in [3.05, 3.63) is 36.9 Å². The molecule has 0 bridgehead atoms. The minimum absolute atomic E-state index is 0.154. The number of hydrogen-bond acceptors (Lipinski definition) is 5. The maximum atomic E-state index is 10.9. The first kappa shape index (κ1) is 15.1. The van der Waals surface area contributed by atoms with Gasteiger partial charge >= 0.3 is 0 Å². The molecule has 110 valence electrons.